The molecule has 0 aliphatic carbocycles. The molecule has 0 unspecified atom stereocenters. The third-order valence-corrected chi connectivity index (χ3v) is 14.0. The van der Waals surface area contributed by atoms with Crippen molar-refractivity contribution in [2.24, 2.45) is 0 Å². The van der Waals surface area contributed by atoms with Crippen molar-refractivity contribution in [1.29, 1.82) is 0 Å². The summed E-state index contributed by atoms with van der Waals surface area (Å²) >= 11 is 0. The molecule has 5 heteroatoms. The van der Waals surface area contributed by atoms with Crippen molar-refractivity contribution in [1.82, 2.24) is 4.90 Å². The van der Waals surface area contributed by atoms with E-state index in [1.165, 1.54) is 25.7 Å². The zero-order chi connectivity index (χ0) is 26.0. The van der Waals surface area contributed by atoms with Gasteiger partial charge in [0.05, 0.1) is 12.1 Å². The number of unbranched alkanes of at least 4 members (excludes halogenated alkanes) is 4. The van der Waals surface area contributed by atoms with Gasteiger partial charge >= 0.3 is 6.09 Å². The number of ether oxygens (including phenoxy) is 1. The van der Waals surface area contributed by atoms with Gasteiger partial charge in [-0.25, -0.2) is 4.79 Å². The van der Waals surface area contributed by atoms with Gasteiger partial charge in [-0.05, 0) is 48.4 Å². The van der Waals surface area contributed by atoms with Gasteiger partial charge in [-0.15, -0.1) is 0 Å². The maximum Gasteiger partial charge on any atom is 0.414 e. The predicted molar refractivity (Wildman–Crippen MR) is 150 cm³/mol. The van der Waals surface area contributed by atoms with Crippen LogP contribution in [0.1, 0.15) is 106 Å². The lowest BCUT2D eigenvalue weighted by Gasteiger charge is -2.48. The molecule has 1 amide bonds. The quantitative estimate of drug-likeness (QED) is 0.200. The Balaban J connectivity index is 2.23. The zero-order valence-corrected chi connectivity index (χ0v) is 24.7. The maximum absolute atomic E-state index is 13.5. The summed E-state index contributed by atoms with van der Waals surface area (Å²) < 4.78 is 13.0. The number of carbonyl (C=O) groups excluding carboxylic acids is 1. The summed E-state index contributed by atoms with van der Waals surface area (Å²) in [5.74, 6) is 0. The molecule has 0 spiro atoms. The monoisotopic (exact) mass is 501 g/mol. The van der Waals surface area contributed by atoms with Gasteiger partial charge in [0.15, 0.2) is 0 Å². The van der Waals surface area contributed by atoms with E-state index in [0.29, 0.717) is 23.2 Å². The van der Waals surface area contributed by atoms with Crippen LogP contribution in [0.3, 0.4) is 0 Å². The highest BCUT2D eigenvalue weighted by atomic mass is 28.4. The molecule has 0 radical (unpaired) electrons. The van der Waals surface area contributed by atoms with E-state index >= 15 is 0 Å². The van der Waals surface area contributed by atoms with Crippen LogP contribution in [0.5, 0.6) is 0 Å². The average molecular weight is 502 g/mol. The maximum atomic E-state index is 13.5. The van der Waals surface area contributed by atoms with Crippen molar-refractivity contribution in [3.8, 4) is 0 Å². The van der Waals surface area contributed by atoms with Crippen molar-refractivity contribution in [2.75, 3.05) is 0 Å². The molecule has 0 saturated carbocycles. The highest BCUT2D eigenvalue weighted by molar-refractivity contribution is 6.77. The Hall–Kier alpha value is -1.59. The molecule has 2 rings (SSSR count). The minimum atomic E-state index is -2.06. The lowest BCUT2D eigenvalue weighted by Crippen LogP contribution is -2.56. The minimum absolute atomic E-state index is 0.00184. The largest absolute Gasteiger partial charge is 0.444 e. The van der Waals surface area contributed by atoms with Gasteiger partial charge in [-0.3, -0.25) is 4.90 Å². The van der Waals surface area contributed by atoms with Crippen LogP contribution in [0.25, 0.3) is 0 Å². The predicted octanol–water partition coefficient (Wildman–Crippen LogP) is 9.22. The van der Waals surface area contributed by atoms with Crippen LogP contribution in [0.4, 0.5) is 4.79 Å². The van der Waals surface area contributed by atoms with Crippen LogP contribution in [-0.2, 0) is 15.8 Å². The van der Waals surface area contributed by atoms with Gasteiger partial charge in [0.25, 0.3) is 0 Å². The first-order valence-corrected chi connectivity index (χ1v) is 16.2. The molecule has 35 heavy (non-hydrogen) atoms. The fourth-order valence-corrected chi connectivity index (χ4v) is 11.6. The van der Waals surface area contributed by atoms with Crippen LogP contribution in [0.15, 0.2) is 42.1 Å². The number of amides is 1. The van der Waals surface area contributed by atoms with Crippen LogP contribution < -0.4 is 0 Å². The highest BCUT2D eigenvalue weighted by Crippen LogP contribution is 2.44. The summed E-state index contributed by atoms with van der Waals surface area (Å²) in [6.45, 7) is 18.6. The van der Waals surface area contributed by atoms with Crippen molar-refractivity contribution < 1.29 is 14.0 Å². The number of benzene rings is 1. The van der Waals surface area contributed by atoms with Crippen molar-refractivity contribution in [3.63, 3.8) is 0 Å². The average Bonchev–Trinajstić information content (AvgIpc) is 2.82. The van der Waals surface area contributed by atoms with E-state index in [0.717, 1.165) is 30.5 Å². The lowest BCUT2D eigenvalue weighted by atomic mass is 9.98. The van der Waals surface area contributed by atoms with Gasteiger partial charge < -0.3 is 9.16 Å². The van der Waals surface area contributed by atoms with Gasteiger partial charge in [-0.1, -0.05) is 111 Å². The summed E-state index contributed by atoms with van der Waals surface area (Å²) in [6.07, 6.45) is 9.89. The SMILES string of the molecule is CCCCCCCC1=CC[C@@H](O[Si](C(C)C)(C(C)C)C(C)C)[C@H](C)N1C(=O)OCc1ccccc1. The molecular formula is C30H51NO3Si. The zero-order valence-electron chi connectivity index (χ0n) is 23.7. The van der Waals surface area contributed by atoms with E-state index in [-0.39, 0.29) is 18.2 Å². The number of rotatable bonds is 13. The number of nitrogens with zero attached hydrogens (tertiary/aromatic N) is 1. The molecule has 1 aliphatic heterocycles. The van der Waals surface area contributed by atoms with E-state index in [9.17, 15) is 4.79 Å². The molecular weight excluding hydrogens is 450 g/mol. The molecule has 1 aromatic rings. The summed E-state index contributed by atoms with van der Waals surface area (Å²) in [5, 5.41) is 0. The topological polar surface area (TPSA) is 38.8 Å². The number of hydrogen-bond acceptors (Lipinski definition) is 3. The minimum Gasteiger partial charge on any atom is -0.444 e. The van der Waals surface area contributed by atoms with Crippen LogP contribution in [0, 0.1) is 0 Å². The highest BCUT2D eigenvalue weighted by Gasteiger charge is 2.48. The Labute approximate surface area is 216 Å². The Morgan fingerprint density at radius 2 is 1.57 bits per heavy atom. The van der Waals surface area contributed by atoms with Crippen LogP contribution in [0.2, 0.25) is 16.6 Å². The van der Waals surface area contributed by atoms with Crippen molar-refractivity contribution >= 4 is 14.4 Å². The number of hydrogen-bond donors (Lipinski definition) is 0. The fraction of sp³-hybridized carbons (Fsp3) is 0.700. The van der Waals surface area contributed by atoms with Crippen molar-refractivity contribution in [2.45, 2.75) is 136 Å². The first-order valence-electron chi connectivity index (χ1n) is 14.0. The molecule has 2 atom stereocenters. The normalized spacial score (nSPS) is 18.9. The molecule has 198 valence electrons. The standard InChI is InChI=1S/C30H51NO3Si/c1-9-10-11-12-16-19-28-20-21-29(34-35(23(2)3,24(4)5)25(6)7)26(8)31(28)30(32)33-22-27-17-14-13-15-18-27/h13-15,17-18,20,23-26,29H,9-12,16,19,21-22H2,1-8H3/t26-,29+/m0/s1. The summed E-state index contributed by atoms with van der Waals surface area (Å²) in [4.78, 5) is 15.4. The third-order valence-electron chi connectivity index (χ3n) is 7.84. The Bertz CT molecular complexity index is 768. The Kier molecular flexibility index (Phi) is 12.0. The Morgan fingerprint density at radius 3 is 2.14 bits per heavy atom. The summed E-state index contributed by atoms with van der Waals surface area (Å²) in [7, 11) is -2.06. The second-order valence-corrected chi connectivity index (χ2v) is 16.6. The second kappa shape index (κ2) is 14.2. The molecule has 0 bridgehead atoms. The summed E-state index contributed by atoms with van der Waals surface area (Å²) in [5.41, 5.74) is 3.65. The molecule has 0 aromatic heterocycles. The first-order chi connectivity index (χ1) is 16.6. The molecule has 1 heterocycles. The van der Waals surface area contributed by atoms with Gasteiger partial charge in [0.2, 0.25) is 8.32 Å². The van der Waals surface area contributed by atoms with Gasteiger partial charge in [-0.2, -0.15) is 0 Å². The lowest BCUT2D eigenvalue weighted by molar-refractivity contribution is 0.0457. The number of allylic oxidation sites excluding steroid dienone is 1. The Morgan fingerprint density at radius 1 is 0.971 bits per heavy atom. The van der Waals surface area contributed by atoms with Crippen molar-refractivity contribution in [3.05, 3.63) is 47.7 Å². The second-order valence-electron chi connectivity index (χ2n) is 11.2. The van der Waals surface area contributed by atoms with Crippen LogP contribution >= 0.6 is 0 Å². The van der Waals surface area contributed by atoms with E-state index in [4.69, 9.17) is 9.16 Å². The molecule has 4 nitrogen and oxygen atoms in total. The molecule has 0 saturated heterocycles. The first kappa shape index (κ1) is 29.6. The van der Waals surface area contributed by atoms with E-state index < -0.39 is 8.32 Å². The molecule has 1 aliphatic rings. The smallest absolute Gasteiger partial charge is 0.414 e. The van der Waals surface area contributed by atoms with Crippen LogP contribution in [-0.4, -0.2) is 31.5 Å². The van der Waals surface area contributed by atoms with E-state index in [1.54, 1.807) is 0 Å². The summed E-state index contributed by atoms with van der Waals surface area (Å²) in [6, 6.07) is 9.89. The number of carbonyl (C=O) groups is 1. The fourth-order valence-electron chi connectivity index (χ4n) is 6.00. The molecule has 0 N–H and O–H groups in total. The third kappa shape index (κ3) is 7.69. The van der Waals surface area contributed by atoms with E-state index in [2.05, 4.69) is 61.5 Å². The van der Waals surface area contributed by atoms with Gasteiger partial charge in [0, 0.05) is 5.70 Å². The molecule has 0 fully saturated rings. The van der Waals surface area contributed by atoms with Gasteiger partial charge in [0.1, 0.15) is 6.61 Å². The molecule has 1 aromatic carbocycles. The van der Waals surface area contributed by atoms with E-state index in [1.807, 2.05) is 35.2 Å².